The predicted octanol–water partition coefficient (Wildman–Crippen LogP) is 2.29. The van der Waals surface area contributed by atoms with Crippen LogP contribution >= 0.6 is 0 Å². The van der Waals surface area contributed by atoms with Crippen LogP contribution in [-0.2, 0) is 16.0 Å². The molecule has 1 heterocycles. The lowest BCUT2D eigenvalue weighted by Crippen LogP contribution is -2.13. The summed E-state index contributed by atoms with van der Waals surface area (Å²) in [7, 11) is -3.80. The minimum atomic E-state index is -4.69. The van der Waals surface area contributed by atoms with Crippen molar-refractivity contribution in [3.05, 3.63) is 42.1 Å². The van der Waals surface area contributed by atoms with Crippen molar-refractivity contribution < 1.29 is 21.6 Å². The van der Waals surface area contributed by atoms with Crippen molar-refractivity contribution in [3.63, 3.8) is 0 Å². The minimum Gasteiger partial charge on any atom is -0.227 e. The van der Waals surface area contributed by atoms with Gasteiger partial charge in [-0.1, -0.05) is 18.2 Å². The molecule has 19 heavy (non-hydrogen) atoms. The second-order valence-electron chi connectivity index (χ2n) is 3.89. The minimum absolute atomic E-state index is 0.143. The van der Waals surface area contributed by atoms with E-state index in [2.05, 4.69) is 5.10 Å². The number of alkyl halides is 3. The summed E-state index contributed by atoms with van der Waals surface area (Å²) < 4.78 is 61.8. The van der Waals surface area contributed by atoms with Gasteiger partial charge in [0.25, 0.3) is 0 Å². The molecule has 1 aromatic heterocycles. The molecule has 0 radical (unpaired) electrons. The third-order valence-electron chi connectivity index (χ3n) is 2.36. The van der Waals surface area contributed by atoms with Crippen LogP contribution in [0.2, 0.25) is 0 Å². The third kappa shape index (κ3) is 2.78. The first-order valence-electron chi connectivity index (χ1n) is 5.12. The second-order valence-corrected chi connectivity index (χ2v) is 5.85. The SMILES string of the molecule is CS(=O)(=O)c1cc(C(F)(F)F)n(-c2ccccc2)n1. The third-order valence-corrected chi connectivity index (χ3v) is 3.32. The number of sulfone groups is 1. The molecule has 0 atom stereocenters. The molecule has 0 unspecified atom stereocenters. The quantitative estimate of drug-likeness (QED) is 0.852. The summed E-state index contributed by atoms with van der Waals surface area (Å²) in [6.45, 7) is 0. The number of nitrogens with zero attached hydrogens (tertiary/aromatic N) is 2. The van der Waals surface area contributed by atoms with Crippen molar-refractivity contribution in [3.8, 4) is 5.69 Å². The molecule has 0 aliphatic carbocycles. The van der Waals surface area contributed by atoms with E-state index in [-0.39, 0.29) is 5.69 Å². The van der Waals surface area contributed by atoms with E-state index in [9.17, 15) is 21.6 Å². The molecular formula is C11H9F3N2O2S. The van der Waals surface area contributed by atoms with Crippen molar-refractivity contribution in [2.45, 2.75) is 11.2 Å². The fourth-order valence-corrected chi connectivity index (χ4v) is 2.06. The largest absolute Gasteiger partial charge is 0.433 e. The van der Waals surface area contributed by atoms with Gasteiger partial charge in [0.2, 0.25) is 0 Å². The molecule has 0 saturated heterocycles. The maximum atomic E-state index is 12.9. The van der Waals surface area contributed by atoms with Crippen molar-refractivity contribution in [1.82, 2.24) is 9.78 Å². The number of para-hydroxylation sites is 1. The van der Waals surface area contributed by atoms with Gasteiger partial charge in [-0.05, 0) is 12.1 Å². The van der Waals surface area contributed by atoms with Gasteiger partial charge in [0.05, 0.1) is 5.69 Å². The van der Waals surface area contributed by atoms with Crippen LogP contribution in [0.25, 0.3) is 5.69 Å². The summed E-state index contributed by atoms with van der Waals surface area (Å²) in [6.07, 6.45) is -3.88. The highest BCUT2D eigenvalue weighted by atomic mass is 32.2. The number of aromatic nitrogens is 2. The van der Waals surface area contributed by atoms with Crippen molar-refractivity contribution in [1.29, 1.82) is 0 Å². The topological polar surface area (TPSA) is 52.0 Å². The van der Waals surface area contributed by atoms with Gasteiger partial charge in [0, 0.05) is 12.3 Å². The summed E-state index contributed by atoms with van der Waals surface area (Å²) in [6, 6.07) is 8.07. The standard InChI is InChI=1S/C11H9F3N2O2S/c1-19(17,18)10-7-9(11(12,13)14)16(15-10)8-5-3-2-4-6-8/h2-7H,1H3. The Bertz CT molecular complexity index is 690. The van der Waals surface area contributed by atoms with E-state index in [4.69, 9.17) is 0 Å². The Morgan fingerprint density at radius 3 is 2.21 bits per heavy atom. The first-order valence-corrected chi connectivity index (χ1v) is 7.01. The second kappa shape index (κ2) is 4.37. The highest BCUT2D eigenvalue weighted by Gasteiger charge is 2.37. The van der Waals surface area contributed by atoms with Gasteiger partial charge < -0.3 is 0 Å². The van der Waals surface area contributed by atoms with E-state index < -0.39 is 26.7 Å². The van der Waals surface area contributed by atoms with Crippen molar-refractivity contribution in [2.24, 2.45) is 0 Å². The molecule has 102 valence electrons. The van der Waals surface area contributed by atoms with E-state index in [0.717, 1.165) is 6.26 Å². The molecular weight excluding hydrogens is 281 g/mol. The first-order chi connectivity index (χ1) is 8.69. The highest BCUT2D eigenvalue weighted by Crippen LogP contribution is 2.32. The molecule has 0 spiro atoms. The van der Waals surface area contributed by atoms with Gasteiger partial charge in [-0.3, -0.25) is 0 Å². The van der Waals surface area contributed by atoms with Crippen LogP contribution in [0.15, 0.2) is 41.4 Å². The Hall–Kier alpha value is -1.83. The van der Waals surface area contributed by atoms with E-state index in [1.807, 2.05) is 0 Å². The van der Waals surface area contributed by atoms with Crippen molar-refractivity contribution >= 4 is 9.84 Å². The number of hydrogen-bond donors (Lipinski definition) is 0. The molecule has 4 nitrogen and oxygen atoms in total. The smallest absolute Gasteiger partial charge is 0.227 e. The summed E-state index contributed by atoms with van der Waals surface area (Å²) in [4.78, 5) is 0. The monoisotopic (exact) mass is 290 g/mol. The molecule has 0 N–H and O–H groups in total. The molecule has 8 heteroatoms. The molecule has 0 saturated carbocycles. The lowest BCUT2D eigenvalue weighted by Gasteiger charge is -2.09. The van der Waals surface area contributed by atoms with Crippen LogP contribution in [0.5, 0.6) is 0 Å². The highest BCUT2D eigenvalue weighted by molar-refractivity contribution is 7.90. The Kier molecular flexibility index (Phi) is 3.13. The fraction of sp³-hybridized carbons (Fsp3) is 0.182. The molecule has 0 fully saturated rings. The zero-order valence-corrected chi connectivity index (χ0v) is 10.5. The summed E-state index contributed by atoms with van der Waals surface area (Å²) in [5.41, 5.74) is -0.983. The number of halogens is 3. The Morgan fingerprint density at radius 2 is 1.74 bits per heavy atom. The van der Waals surface area contributed by atoms with Crippen LogP contribution < -0.4 is 0 Å². The van der Waals surface area contributed by atoms with Crippen LogP contribution in [0.4, 0.5) is 13.2 Å². The summed E-state index contributed by atoms with van der Waals surface area (Å²) >= 11 is 0. The van der Waals surface area contributed by atoms with Gasteiger partial charge in [-0.15, -0.1) is 0 Å². The van der Waals surface area contributed by atoms with Gasteiger partial charge in [-0.2, -0.15) is 18.3 Å². The van der Waals surface area contributed by atoms with Crippen LogP contribution in [0.1, 0.15) is 5.69 Å². The van der Waals surface area contributed by atoms with Crippen LogP contribution in [0, 0.1) is 0 Å². The van der Waals surface area contributed by atoms with Crippen LogP contribution in [0.3, 0.4) is 0 Å². The van der Waals surface area contributed by atoms with E-state index in [1.165, 1.54) is 24.3 Å². The van der Waals surface area contributed by atoms with E-state index >= 15 is 0 Å². The number of benzene rings is 1. The Morgan fingerprint density at radius 1 is 1.16 bits per heavy atom. The Balaban J connectivity index is 2.70. The lowest BCUT2D eigenvalue weighted by molar-refractivity contribution is -0.142. The van der Waals surface area contributed by atoms with Gasteiger partial charge in [-0.25, -0.2) is 13.1 Å². The molecule has 2 aromatic rings. The Labute approximate surface area is 107 Å². The average molecular weight is 290 g/mol. The number of hydrogen-bond acceptors (Lipinski definition) is 3. The molecule has 0 aliphatic rings. The predicted molar refractivity (Wildman–Crippen MR) is 61.7 cm³/mol. The average Bonchev–Trinajstić information content (AvgIpc) is 2.74. The van der Waals surface area contributed by atoms with E-state index in [0.29, 0.717) is 10.7 Å². The number of rotatable bonds is 2. The zero-order valence-electron chi connectivity index (χ0n) is 9.72. The molecule has 0 aliphatic heterocycles. The zero-order chi connectivity index (χ0) is 14.3. The maximum absolute atomic E-state index is 12.9. The summed E-state index contributed by atoms with van der Waals surface area (Å²) in [5.74, 6) is 0. The molecule has 0 bridgehead atoms. The first kappa shape index (κ1) is 13.6. The fourth-order valence-electron chi connectivity index (χ4n) is 1.51. The van der Waals surface area contributed by atoms with Crippen molar-refractivity contribution in [2.75, 3.05) is 6.26 Å². The van der Waals surface area contributed by atoms with Crippen LogP contribution in [-0.4, -0.2) is 24.5 Å². The lowest BCUT2D eigenvalue weighted by atomic mass is 10.3. The molecule has 0 amide bonds. The van der Waals surface area contributed by atoms with Gasteiger partial charge in [0.1, 0.15) is 5.69 Å². The molecule has 2 rings (SSSR count). The summed E-state index contributed by atoms with van der Waals surface area (Å²) in [5, 5.41) is 2.92. The normalized spacial score (nSPS) is 12.6. The maximum Gasteiger partial charge on any atom is 0.433 e. The van der Waals surface area contributed by atoms with Gasteiger partial charge in [0.15, 0.2) is 14.9 Å². The molecule has 1 aromatic carbocycles. The van der Waals surface area contributed by atoms with E-state index in [1.54, 1.807) is 6.07 Å². The van der Waals surface area contributed by atoms with Gasteiger partial charge >= 0.3 is 6.18 Å².